The molecular formula is C16H11ClN2O5. The maximum atomic E-state index is 12.8. The van der Waals surface area contributed by atoms with Gasteiger partial charge in [-0.1, -0.05) is 17.7 Å². The minimum atomic E-state index is -1.36. The first kappa shape index (κ1) is 16.2. The van der Waals surface area contributed by atoms with Crippen molar-refractivity contribution >= 4 is 45.5 Å². The summed E-state index contributed by atoms with van der Waals surface area (Å²) in [5.74, 6) is -2.90. The van der Waals surface area contributed by atoms with E-state index in [-0.39, 0.29) is 34.6 Å². The zero-order chi connectivity index (χ0) is 17.4. The summed E-state index contributed by atoms with van der Waals surface area (Å²) in [5, 5.41) is 11.2. The summed E-state index contributed by atoms with van der Waals surface area (Å²) in [7, 11) is 0. The van der Waals surface area contributed by atoms with E-state index in [4.69, 9.17) is 11.6 Å². The van der Waals surface area contributed by atoms with Crippen molar-refractivity contribution in [3.8, 4) is 0 Å². The Morgan fingerprint density at radius 1 is 1.25 bits per heavy atom. The Balaban J connectivity index is 2.16. The Hall–Kier alpha value is -2.67. The van der Waals surface area contributed by atoms with Crippen LogP contribution in [0.15, 0.2) is 24.4 Å². The summed E-state index contributed by atoms with van der Waals surface area (Å²) in [6, 6.07) is 4.17. The fourth-order valence-electron chi connectivity index (χ4n) is 2.84. The van der Waals surface area contributed by atoms with Crippen molar-refractivity contribution < 1.29 is 19.3 Å². The zero-order valence-corrected chi connectivity index (χ0v) is 13.1. The van der Waals surface area contributed by atoms with E-state index < -0.39 is 28.2 Å². The number of ketones is 3. The topological polar surface area (TPSA) is 107 Å². The van der Waals surface area contributed by atoms with E-state index in [1.807, 2.05) is 0 Å². The maximum absolute atomic E-state index is 12.8. The van der Waals surface area contributed by atoms with Gasteiger partial charge in [0.1, 0.15) is 12.1 Å². The molecule has 24 heavy (non-hydrogen) atoms. The number of fused-ring (bicyclic) bond motifs is 1. The Morgan fingerprint density at radius 3 is 2.54 bits per heavy atom. The number of pyridine rings is 1. The van der Waals surface area contributed by atoms with Crippen LogP contribution in [-0.4, -0.2) is 27.3 Å². The Kier molecular flexibility index (Phi) is 4.11. The van der Waals surface area contributed by atoms with Crippen molar-refractivity contribution in [1.29, 1.82) is 0 Å². The first-order valence-electron chi connectivity index (χ1n) is 7.22. The fourth-order valence-corrected chi connectivity index (χ4v) is 3.09. The first-order chi connectivity index (χ1) is 11.4. The van der Waals surface area contributed by atoms with E-state index in [0.717, 1.165) is 6.20 Å². The van der Waals surface area contributed by atoms with Gasteiger partial charge < -0.3 is 0 Å². The number of hydrogen-bond acceptors (Lipinski definition) is 6. The van der Waals surface area contributed by atoms with Crippen LogP contribution < -0.4 is 0 Å². The fraction of sp³-hybridized carbons (Fsp3) is 0.250. The molecule has 0 N–H and O–H groups in total. The van der Waals surface area contributed by atoms with Crippen LogP contribution in [0.25, 0.3) is 10.9 Å². The molecule has 122 valence electrons. The summed E-state index contributed by atoms with van der Waals surface area (Å²) < 4.78 is 0. The molecular weight excluding hydrogens is 336 g/mol. The number of hydrogen-bond donors (Lipinski definition) is 0. The maximum Gasteiger partial charge on any atom is 0.288 e. The number of aromatic nitrogens is 1. The third-order valence-corrected chi connectivity index (χ3v) is 4.31. The number of carbonyl (C=O) groups is 3. The van der Waals surface area contributed by atoms with E-state index in [1.54, 1.807) is 0 Å². The van der Waals surface area contributed by atoms with Crippen molar-refractivity contribution in [2.24, 2.45) is 5.92 Å². The first-order valence-corrected chi connectivity index (χ1v) is 7.60. The average Bonchev–Trinajstić information content (AvgIpc) is 2.53. The summed E-state index contributed by atoms with van der Waals surface area (Å²) in [4.78, 5) is 51.0. The predicted molar refractivity (Wildman–Crippen MR) is 85.1 cm³/mol. The van der Waals surface area contributed by atoms with Crippen LogP contribution in [0, 0.1) is 16.0 Å². The van der Waals surface area contributed by atoms with E-state index in [2.05, 4.69) is 4.98 Å². The molecule has 1 saturated carbocycles. The van der Waals surface area contributed by atoms with Gasteiger partial charge in [-0.15, -0.1) is 0 Å². The molecule has 0 spiro atoms. The Morgan fingerprint density at radius 2 is 1.92 bits per heavy atom. The van der Waals surface area contributed by atoms with Crippen LogP contribution >= 0.6 is 11.6 Å². The smallest absolute Gasteiger partial charge is 0.288 e. The second kappa shape index (κ2) is 6.09. The van der Waals surface area contributed by atoms with E-state index in [0.29, 0.717) is 11.8 Å². The monoisotopic (exact) mass is 346 g/mol. The summed E-state index contributed by atoms with van der Waals surface area (Å²) in [6.45, 7) is 0. The van der Waals surface area contributed by atoms with Crippen molar-refractivity contribution in [2.45, 2.75) is 19.3 Å². The lowest BCUT2D eigenvalue weighted by Gasteiger charge is -2.19. The number of rotatable bonds is 3. The van der Waals surface area contributed by atoms with Gasteiger partial charge in [0.25, 0.3) is 5.69 Å². The van der Waals surface area contributed by atoms with Crippen LogP contribution in [0.2, 0.25) is 5.02 Å². The number of halogens is 1. The van der Waals surface area contributed by atoms with E-state index in [9.17, 15) is 24.5 Å². The lowest BCUT2D eigenvalue weighted by molar-refractivity contribution is -0.385. The van der Waals surface area contributed by atoms with Gasteiger partial charge in [0.05, 0.1) is 21.0 Å². The van der Waals surface area contributed by atoms with Crippen molar-refractivity contribution in [2.75, 3.05) is 0 Å². The quantitative estimate of drug-likeness (QED) is 0.366. The number of Topliss-reactive ketones (excluding diaryl/α,β-unsaturated/α-hetero) is 3. The Labute approximate surface area is 140 Å². The third kappa shape index (κ3) is 2.67. The van der Waals surface area contributed by atoms with Crippen molar-refractivity contribution in [1.82, 2.24) is 4.98 Å². The minimum absolute atomic E-state index is 0.0438. The van der Waals surface area contributed by atoms with Gasteiger partial charge >= 0.3 is 0 Å². The summed E-state index contributed by atoms with van der Waals surface area (Å²) >= 11 is 6.10. The largest absolute Gasteiger partial charge is 0.298 e. The lowest BCUT2D eigenvalue weighted by Crippen LogP contribution is -2.35. The SMILES string of the molecule is O=C1CCCC(=O)C1C(=O)c1c(Cl)ccc2cc([N+](=O)[O-])cnc12. The predicted octanol–water partition coefficient (Wildman–Crippen LogP) is 2.92. The molecule has 1 aromatic carbocycles. The highest BCUT2D eigenvalue weighted by Crippen LogP contribution is 2.31. The highest BCUT2D eigenvalue weighted by Gasteiger charge is 2.38. The summed E-state index contributed by atoms with van der Waals surface area (Å²) in [6.07, 6.45) is 1.79. The van der Waals surface area contributed by atoms with Crippen molar-refractivity contribution in [3.63, 3.8) is 0 Å². The van der Waals surface area contributed by atoms with Gasteiger partial charge in [0.2, 0.25) is 0 Å². The molecule has 1 aliphatic carbocycles. The summed E-state index contributed by atoms with van der Waals surface area (Å²) in [5.41, 5.74) is -0.130. The minimum Gasteiger partial charge on any atom is -0.298 e. The highest BCUT2D eigenvalue weighted by molar-refractivity contribution is 6.38. The zero-order valence-electron chi connectivity index (χ0n) is 12.3. The van der Waals surface area contributed by atoms with Crippen LogP contribution in [0.1, 0.15) is 29.6 Å². The molecule has 8 heteroatoms. The van der Waals surface area contributed by atoms with Gasteiger partial charge in [0, 0.05) is 24.3 Å². The molecule has 1 aromatic heterocycles. The number of nitrogens with zero attached hydrogens (tertiary/aromatic N) is 2. The average molecular weight is 347 g/mol. The van der Waals surface area contributed by atoms with Crippen LogP contribution in [0.4, 0.5) is 5.69 Å². The molecule has 0 aliphatic heterocycles. The molecule has 0 saturated heterocycles. The van der Waals surface area contributed by atoms with Crippen LogP contribution in [-0.2, 0) is 9.59 Å². The standard InChI is InChI=1S/C16H11ClN2O5/c17-10-5-4-8-6-9(19(23)24)7-18-15(8)13(10)16(22)14-11(20)2-1-3-12(14)21/h4-7,14H,1-3H2. The molecule has 1 aliphatic rings. The molecule has 1 heterocycles. The molecule has 1 fully saturated rings. The van der Waals surface area contributed by atoms with Gasteiger partial charge in [-0.3, -0.25) is 24.5 Å². The number of benzene rings is 1. The van der Waals surface area contributed by atoms with Gasteiger partial charge in [-0.05, 0) is 12.5 Å². The van der Waals surface area contributed by atoms with Gasteiger partial charge in [-0.2, -0.15) is 0 Å². The lowest BCUT2D eigenvalue weighted by atomic mass is 9.81. The number of nitro groups is 1. The van der Waals surface area contributed by atoms with Gasteiger partial charge in [-0.25, -0.2) is 4.98 Å². The molecule has 0 bridgehead atoms. The highest BCUT2D eigenvalue weighted by atomic mass is 35.5. The molecule has 0 unspecified atom stereocenters. The van der Waals surface area contributed by atoms with Gasteiger partial charge in [0.15, 0.2) is 17.3 Å². The number of carbonyl (C=O) groups excluding carboxylic acids is 3. The second-order valence-electron chi connectivity index (χ2n) is 5.53. The molecule has 0 atom stereocenters. The molecule has 0 radical (unpaired) electrons. The van der Waals surface area contributed by atoms with Crippen molar-refractivity contribution in [3.05, 3.63) is 45.1 Å². The second-order valence-corrected chi connectivity index (χ2v) is 5.94. The van der Waals surface area contributed by atoms with E-state index >= 15 is 0 Å². The molecule has 2 aromatic rings. The van der Waals surface area contributed by atoms with Crippen LogP contribution in [0.5, 0.6) is 0 Å². The molecule has 3 rings (SSSR count). The Bertz CT molecular complexity index is 893. The normalized spacial score (nSPS) is 15.7. The molecule has 0 amide bonds. The third-order valence-electron chi connectivity index (χ3n) is 4.00. The van der Waals surface area contributed by atoms with E-state index in [1.165, 1.54) is 18.2 Å². The molecule has 7 nitrogen and oxygen atoms in total. The van der Waals surface area contributed by atoms with Crippen LogP contribution in [0.3, 0.4) is 0 Å².